The van der Waals surface area contributed by atoms with Gasteiger partial charge in [-0.05, 0) is 6.92 Å². The lowest BCUT2D eigenvalue weighted by atomic mass is 9.91. The molecule has 0 unspecified atom stereocenters. The highest BCUT2D eigenvalue weighted by Gasteiger charge is 2.38. The van der Waals surface area contributed by atoms with Crippen molar-refractivity contribution in [3.8, 4) is 0 Å². The van der Waals surface area contributed by atoms with Crippen molar-refractivity contribution in [3.63, 3.8) is 0 Å². The largest absolute Gasteiger partial charge is 0.350 e. The Hall–Kier alpha value is -0.0800. The predicted octanol–water partition coefficient (Wildman–Crippen LogP) is 0.910. The molecule has 0 aromatic rings. The topological polar surface area (TPSA) is 18.5 Å². The van der Waals surface area contributed by atoms with Crippen molar-refractivity contribution in [2.75, 3.05) is 0 Å². The van der Waals surface area contributed by atoms with Gasteiger partial charge in [0.2, 0.25) is 0 Å². The van der Waals surface area contributed by atoms with Crippen LogP contribution >= 0.6 is 0 Å². The Labute approximate surface area is 48.8 Å². The van der Waals surface area contributed by atoms with Gasteiger partial charge in [0, 0.05) is 12.8 Å². The van der Waals surface area contributed by atoms with E-state index >= 15 is 0 Å². The molecule has 0 atom stereocenters. The van der Waals surface area contributed by atoms with Gasteiger partial charge >= 0.3 is 0 Å². The van der Waals surface area contributed by atoms with Crippen molar-refractivity contribution in [2.45, 2.75) is 38.3 Å². The molecule has 0 aromatic carbocycles. The van der Waals surface area contributed by atoms with Crippen molar-refractivity contribution in [1.82, 2.24) is 0 Å². The quantitative estimate of drug-likeness (QED) is 0.466. The molecule has 2 saturated heterocycles. The second-order valence-electron chi connectivity index (χ2n) is 2.56. The van der Waals surface area contributed by atoms with Crippen molar-refractivity contribution in [2.24, 2.45) is 0 Å². The molecule has 3 rings (SSSR count). The first-order chi connectivity index (χ1) is 3.84. The Balaban J connectivity index is 1.97. The molecule has 0 radical (unpaired) electrons. The van der Waals surface area contributed by atoms with Crippen LogP contribution < -0.4 is 0 Å². The van der Waals surface area contributed by atoms with E-state index in [1.165, 1.54) is 0 Å². The highest BCUT2D eigenvalue weighted by Crippen LogP contribution is 2.33. The van der Waals surface area contributed by atoms with Gasteiger partial charge in [0.05, 0.1) is 12.2 Å². The lowest BCUT2D eigenvalue weighted by molar-refractivity contribution is -0.291. The third kappa shape index (κ3) is 0.565. The number of hydrogen-bond acceptors (Lipinski definition) is 2. The molecule has 1 saturated carbocycles. The van der Waals surface area contributed by atoms with Crippen molar-refractivity contribution >= 4 is 0 Å². The summed E-state index contributed by atoms with van der Waals surface area (Å²) >= 11 is 0. The van der Waals surface area contributed by atoms with Gasteiger partial charge in [-0.25, -0.2) is 0 Å². The number of hydrogen-bond donors (Lipinski definition) is 0. The average Bonchev–Trinajstić information content (AvgIpc) is 1.62. The van der Waals surface area contributed by atoms with Gasteiger partial charge in [-0.1, -0.05) is 0 Å². The molecule has 8 heavy (non-hydrogen) atoms. The molecule has 0 aromatic heterocycles. The minimum Gasteiger partial charge on any atom is -0.350 e. The summed E-state index contributed by atoms with van der Waals surface area (Å²) < 4.78 is 10.7. The van der Waals surface area contributed by atoms with Gasteiger partial charge < -0.3 is 9.47 Å². The zero-order valence-electron chi connectivity index (χ0n) is 4.96. The van der Waals surface area contributed by atoms with E-state index in [-0.39, 0.29) is 6.29 Å². The van der Waals surface area contributed by atoms with Crippen LogP contribution in [-0.4, -0.2) is 18.5 Å². The van der Waals surface area contributed by atoms with Gasteiger partial charge in [0.25, 0.3) is 0 Å². The van der Waals surface area contributed by atoms with Gasteiger partial charge in [-0.3, -0.25) is 0 Å². The molecule has 1 aliphatic carbocycles. The Bertz CT molecular complexity index is 86.7. The fraction of sp³-hybridized carbons (Fsp3) is 1.00. The third-order valence-corrected chi connectivity index (χ3v) is 1.82. The number of fused-ring (bicyclic) bond motifs is 2. The average molecular weight is 114 g/mol. The monoisotopic (exact) mass is 114 g/mol. The fourth-order valence-corrected chi connectivity index (χ4v) is 1.31. The number of rotatable bonds is 0. The van der Waals surface area contributed by atoms with Gasteiger partial charge in [-0.15, -0.1) is 0 Å². The molecule has 2 heteroatoms. The lowest BCUT2D eigenvalue weighted by Crippen LogP contribution is -2.47. The second-order valence-corrected chi connectivity index (χ2v) is 2.56. The van der Waals surface area contributed by atoms with Crippen LogP contribution in [0, 0.1) is 0 Å². The first-order valence-electron chi connectivity index (χ1n) is 3.15. The minimum absolute atomic E-state index is 0.0625. The van der Waals surface area contributed by atoms with Crippen LogP contribution in [0.3, 0.4) is 0 Å². The summed E-state index contributed by atoms with van der Waals surface area (Å²) in [5.74, 6) is 0. The van der Waals surface area contributed by atoms with E-state index in [0.29, 0.717) is 12.2 Å². The Morgan fingerprint density at radius 2 is 1.62 bits per heavy atom. The van der Waals surface area contributed by atoms with Crippen molar-refractivity contribution < 1.29 is 9.47 Å². The minimum atomic E-state index is 0.0625. The maximum Gasteiger partial charge on any atom is 0.155 e. The Morgan fingerprint density at radius 1 is 1.12 bits per heavy atom. The highest BCUT2D eigenvalue weighted by molar-refractivity contribution is 4.84. The summed E-state index contributed by atoms with van der Waals surface area (Å²) in [4.78, 5) is 0. The predicted molar refractivity (Wildman–Crippen MR) is 28.4 cm³/mol. The van der Waals surface area contributed by atoms with E-state index in [4.69, 9.17) is 9.47 Å². The zero-order chi connectivity index (χ0) is 5.56. The van der Waals surface area contributed by atoms with Crippen LogP contribution in [0.15, 0.2) is 0 Å². The van der Waals surface area contributed by atoms with E-state index in [1.54, 1.807) is 0 Å². The lowest BCUT2D eigenvalue weighted by Gasteiger charge is -2.43. The Kier molecular flexibility index (Phi) is 0.866. The molecule has 2 nitrogen and oxygen atoms in total. The summed E-state index contributed by atoms with van der Waals surface area (Å²) in [6.45, 7) is 1.96. The van der Waals surface area contributed by atoms with E-state index in [9.17, 15) is 0 Å². The molecule has 0 spiro atoms. The molecule has 2 aliphatic heterocycles. The van der Waals surface area contributed by atoms with Crippen LogP contribution in [0.5, 0.6) is 0 Å². The van der Waals surface area contributed by atoms with Crippen LogP contribution in [0.2, 0.25) is 0 Å². The van der Waals surface area contributed by atoms with Crippen molar-refractivity contribution in [3.05, 3.63) is 0 Å². The maximum absolute atomic E-state index is 5.33. The summed E-state index contributed by atoms with van der Waals surface area (Å²) in [7, 11) is 0. The van der Waals surface area contributed by atoms with E-state index in [0.717, 1.165) is 12.8 Å². The molecule has 3 fully saturated rings. The molecule has 46 valence electrons. The first kappa shape index (κ1) is 4.77. The van der Waals surface area contributed by atoms with E-state index in [2.05, 4.69) is 0 Å². The van der Waals surface area contributed by atoms with E-state index in [1.807, 2.05) is 6.92 Å². The summed E-state index contributed by atoms with van der Waals surface area (Å²) in [5.41, 5.74) is 0. The highest BCUT2D eigenvalue weighted by atomic mass is 16.7. The molecular weight excluding hydrogens is 104 g/mol. The molecule has 2 bridgehead atoms. The van der Waals surface area contributed by atoms with Crippen LogP contribution in [0.1, 0.15) is 19.8 Å². The fourth-order valence-electron chi connectivity index (χ4n) is 1.31. The van der Waals surface area contributed by atoms with Crippen LogP contribution in [0.25, 0.3) is 0 Å². The molecule has 2 heterocycles. The maximum atomic E-state index is 5.33. The van der Waals surface area contributed by atoms with Crippen molar-refractivity contribution in [1.29, 1.82) is 0 Å². The van der Waals surface area contributed by atoms with Crippen LogP contribution in [0.4, 0.5) is 0 Å². The van der Waals surface area contributed by atoms with Gasteiger partial charge in [-0.2, -0.15) is 0 Å². The van der Waals surface area contributed by atoms with Gasteiger partial charge in [0.15, 0.2) is 6.29 Å². The molecular formula is C6H10O2. The molecule has 0 N–H and O–H groups in total. The third-order valence-electron chi connectivity index (χ3n) is 1.82. The SMILES string of the molecule is CC1OC2CC(C2)O1. The molecule has 0 amide bonds. The van der Waals surface area contributed by atoms with Gasteiger partial charge in [0.1, 0.15) is 0 Å². The summed E-state index contributed by atoms with van der Waals surface area (Å²) in [6, 6.07) is 0. The van der Waals surface area contributed by atoms with E-state index < -0.39 is 0 Å². The standard InChI is InChI=1S/C6H10O2/c1-4-7-5-2-6(3-5)8-4/h4-6H,2-3H2,1H3. The first-order valence-corrected chi connectivity index (χ1v) is 3.15. The molecule has 3 aliphatic rings. The number of ether oxygens (including phenoxy) is 2. The smallest absolute Gasteiger partial charge is 0.155 e. The second kappa shape index (κ2) is 1.45. The van der Waals surface area contributed by atoms with Crippen LogP contribution in [-0.2, 0) is 9.47 Å². The summed E-state index contributed by atoms with van der Waals surface area (Å²) in [5, 5.41) is 0. The zero-order valence-corrected chi connectivity index (χ0v) is 4.96. The summed E-state index contributed by atoms with van der Waals surface area (Å²) in [6.07, 6.45) is 3.38. The Morgan fingerprint density at radius 3 is 1.88 bits per heavy atom. The normalized spacial score (nSPS) is 52.9.